The fourth-order valence-corrected chi connectivity index (χ4v) is 5.27. The van der Waals surface area contributed by atoms with Gasteiger partial charge in [0, 0.05) is 43.2 Å². The molecule has 0 radical (unpaired) electrons. The minimum Gasteiger partial charge on any atom is -0.323 e. The lowest BCUT2D eigenvalue weighted by atomic mass is 9.72. The van der Waals surface area contributed by atoms with Crippen molar-refractivity contribution >= 4 is 11.7 Å². The molecule has 1 aromatic carbocycles. The van der Waals surface area contributed by atoms with Gasteiger partial charge in [0.2, 0.25) is 0 Å². The van der Waals surface area contributed by atoms with E-state index in [1.54, 1.807) is 0 Å². The highest BCUT2D eigenvalue weighted by atomic mass is 16.2. The van der Waals surface area contributed by atoms with Crippen LogP contribution in [0.15, 0.2) is 48.7 Å². The lowest BCUT2D eigenvalue weighted by Gasteiger charge is -2.54. The number of carbonyl (C=O) groups excluding carboxylic acids is 1. The van der Waals surface area contributed by atoms with Crippen LogP contribution in [-0.2, 0) is 12.0 Å². The van der Waals surface area contributed by atoms with Gasteiger partial charge in [-0.2, -0.15) is 0 Å². The molecule has 0 aliphatic carbocycles. The fourth-order valence-electron chi connectivity index (χ4n) is 5.27. The van der Waals surface area contributed by atoms with E-state index in [1.807, 2.05) is 28.1 Å². The number of fused-ring (bicyclic) bond motifs is 1. The molecule has 152 valence electrons. The van der Waals surface area contributed by atoms with Crippen LogP contribution in [0.1, 0.15) is 37.9 Å². The van der Waals surface area contributed by atoms with Crippen LogP contribution in [0.25, 0.3) is 0 Å². The maximum absolute atomic E-state index is 13.2. The van der Waals surface area contributed by atoms with Crippen LogP contribution in [0.4, 0.5) is 10.5 Å². The Kier molecular flexibility index (Phi) is 4.39. The van der Waals surface area contributed by atoms with E-state index in [2.05, 4.69) is 54.1 Å². The molecule has 0 unspecified atom stereocenters. The maximum Gasteiger partial charge on any atom is 0.324 e. The molecule has 2 amide bonds. The maximum atomic E-state index is 13.2. The van der Waals surface area contributed by atoms with Gasteiger partial charge in [0.05, 0.1) is 11.4 Å². The molecule has 5 heteroatoms. The third kappa shape index (κ3) is 3.31. The quantitative estimate of drug-likeness (QED) is 0.781. The summed E-state index contributed by atoms with van der Waals surface area (Å²) in [5.41, 5.74) is 3.66. The van der Waals surface area contributed by atoms with E-state index in [0.717, 1.165) is 44.1 Å². The van der Waals surface area contributed by atoms with Gasteiger partial charge in [0.1, 0.15) is 0 Å². The van der Waals surface area contributed by atoms with Crippen LogP contribution in [0, 0.1) is 5.41 Å². The van der Waals surface area contributed by atoms with E-state index in [9.17, 15) is 4.79 Å². The van der Waals surface area contributed by atoms with Gasteiger partial charge >= 0.3 is 6.03 Å². The summed E-state index contributed by atoms with van der Waals surface area (Å²) in [7, 11) is 0. The number of pyridine rings is 1. The minimum absolute atomic E-state index is 0.0857. The van der Waals surface area contributed by atoms with Gasteiger partial charge < -0.3 is 4.90 Å². The highest BCUT2D eigenvalue weighted by Gasteiger charge is 2.49. The summed E-state index contributed by atoms with van der Waals surface area (Å²) in [6.45, 7) is 10.1. The third-order valence-corrected chi connectivity index (χ3v) is 6.99. The largest absolute Gasteiger partial charge is 0.324 e. The Labute approximate surface area is 173 Å². The lowest BCUT2D eigenvalue weighted by molar-refractivity contribution is -0.0215. The average molecular weight is 391 g/mol. The molecule has 3 aliphatic heterocycles. The predicted molar refractivity (Wildman–Crippen MR) is 115 cm³/mol. The summed E-state index contributed by atoms with van der Waals surface area (Å²) in [6.07, 6.45) is 4.21. The first kappa shape index (κ1) is 18.6. The molecule has 5 rings (SSSR count). The van der Waals surface area contributed by atoms with Gasteiger partial charge in [-0.1, -0.05) is 44.2 Å². The molecule has 5 nitrogen and oxygen atoms in total. The Bertz CT molecular complexity index is 894. The summed E-state index contributed by atoms with van der Waals surface area (Å²) in [4.78, 5) is 24.3. The Hall–Kier alpha value is -2.40. The molecule has 2 saturated heterocycles. The molecule has 1 aromatic heterocycles. The molecule has 0 saturated carbocycles. The number of anilines is 1. The number of carbonyl (C=O) groups is 1. The van der Waals surface area contributed by atoms with Crippen molar-refractivity contribution in [1.29, 1.82) is 0 Å². The number of urea groups is 1. The number of likely N-dealkylation sites (tertiary alicyclic amines) is 2. The molecular weight excluding hydrogens is 360 g/mol. The van der Waals surface area contributed by atoms with Gasteiger partial charge in [-0.25, -0.2) is 4.79 Å². The number of hydrogen-bond acceptors (Lipinski definition) is 3. The van der Waals surface area contributed by atoms with Crippen molar-refractivity contribution in [1.82, 2.24) is 14.8 Å². The first-order valence-corrected chi connectivity index (χ1v) is 10.7. The molecule has 1 spiro atoms. The summed E-state index contributed by atoms with van der Waals surface area (Å²) in [5.74, 6) is 0. The Morgan fingerprint density at radius 2 is 1.72 bits per heavy atom. The van der Waals surface area contributed by atoms with Gasteiger partial charge in [-0.15, -0.1) is 0 Å². The van der Waals surface area contributed by atoms with Crippen molar-refractivity contribution in [2.45, 2.75) is 38.6 Å². The second-order valence-electron chi connectivity index (χ2n) is 9.74. The Morgan fingerprint density at radius 1 is 1.00 bits per heavy atom. The van der Waals surface area contributed by atoms with E-state index in [4.69, 9.17) is 0 Å². The first-order chi connectivity index (χ1) is 14.0. The Balaban J connectivity index is 1.18. The monoisotopic (exact) mass is 390 g/mol. The van der Waals surface area contributed by atoms with Crippen LogP contribution in [-0.4, -0.2) is 53.5 Å². The van der Waals surface area contributed by atoms with Crippen LogP contribution in [0.2, 0.25) is 0 Å². The van der Waals surface area contributed by atoms with Crippen LogP contribution >= 0.6 is 0 Å². The highest BCUT2D eigenvalue weighted by Crippen LogP contribution is 2.44. The predicted octanol–water partition coefficient (Wildman–Crippen LogP) is 3.90. The normalized spacial score (nSPS) is 22.4. The molecule has 2 aromatic rings. The molecule has 3 aliphatic rings. The SMILES string of the molecule is CC1(C)CN(C(=O)N2CC3(CCN(Cc4ccccc4)CC3)C2)c2cccnc21. The number of rotatable bonds is 2. The van der Waals surface area contributed by atoms with E-state index in [-0.39, 0.29) is 11.4 Å². The summed E-state index contributed by atoms with van der Waals surface area (Å²) < 4.78 is 0. The van der Waals surface area contributed by atoms with Gasteiger partial charge in [-0.3, -0.25) is 14.8 Å². The van der Waals surface area contributed by atoms with Gasteiger partial charge in [0.15, 0.2) is 0 Å². The van der Waals surface area contributed by atoms with Crippen molar-refractivity contribution in [2.24, 2.45) is 5.41 Å². The van der Waals surface area contributed by atoms with E-state index < -0.39 is 0 Å². The van der Waals surface area contributed by atoms with Crippen LogP contribution in [0.3, 0.4) is 0 Å². The van der Waals surface area contributed by atoms with Crippen molar-refractivity contribution in [2.75, 3.05) is 37.6 Å². The lowest BCUT2D eigenvalue weighted by Crippen LogP contribution is -2.64. The zero-order valence-corrected chi connectivity index (χ0v) is 17.5. The van der Waals surface area contributed by atoms with E-state index >= 15 is 0 Å². The van der Waals surface area contributed by atoms with Crippen LogP contribution < -0.4 is 4.90 Å². The standard InChI is InChI=1S/C24H30N4O/c1-23(2)16-28(20-9-6-12-25-21(20)23)22(29)27-17-24(18-27)10-13-26(14-11-24)15-19-7-4-3-5-8-19/h3-9,12H,10-11,13-18H2,1-2H3. The molecule has 4 heterocycles. The number of aromatic nitrogens is 1. The number of piperidine rings is 1. The van der Waals surface area contributed by atoms with E-state index in [1.165, 1.54) is 18.4 Å². The first-order valence-electron chi connectivity index (χ1n) is 10.7. The van der Waals surface area contributed by atoms with Crippen molar-refractivity contribution in [3.8, 4) is 0 Å². The average Bonchev–Trinajstić information content (AvgIpc) is 2.99. The smallest absolute Gasteiger partial charge is 0.323 e. The van der Waals surface area contributed by atoms with Crippen molar-refractivity contribution in [3.05, 3.63) is 59.9 Å². The summed E-state index contributed by atoms with van der Waals surface area (Å²) >= 11 is 0. The second kappa shape index (κ2) is 6.84. The zero-order chi connectivity index (χ0) is 20.1. The summed E-state index contributed by atoms with van der Waals surface area (Å²) in [5, 5.41) is 0. The van der Waals surface area contributed by atoms with Crippen LogP contribution in [0.5, 0.6) is 0 Å². The number of nitrogens with zero attached hydrogens (tertiary/aromatic N) is 4. The minimum atomic E-state index is -0.0857. The van der Waals surface area contributed by atoms with E-state index in [0.29, 0.717) is 12.0 Å². The zero-order valence-electron chi connectivity index (χ0n) is 17.5. The number of benzene rings is 1. The van der Waals surface area contributed by atoms with Crippen molar-refractivity contribution in [3.63, 3.8) is 0 Å². The number of amides is 2. The molecule has 0 bridgehead atoms. The molecule has 0 N–H and O–H groups in total. The third-order valence-electron chi connectivity index (χ3n) is 6.99. The molecule has 29 heavy (non-hydrogen) atoms. The molecular formula is C24H30N4O. The second-order valence-corrected chi connectivity index (χ2v) is 9.74. The van der Waals surface area contributed by atoms with Crippen molar-refractivity contribution < 1.29 is 4.79 Å². The molecule has 0 atom stereocenters. The number of hydrogen-bond donors (Lipinski definition) is 0. The molecule has 2 fully saturated rings. The van der Waals surface area contributed by atoms with Gasteiger partial charge in [0.25, 0.3) is 0 Å². The topological polar surface area (TPSA) is 39.7 Å². The van der Waals surface area contributed by atoms with Gasteiger partial charge in [-0.05, 0) is 43.6 Å². The fraction of sp³-hybridized carbons (Fsp3) is 0.500. The summed E-state index contributed by atoms with van der Waals surface area (Å²) in [6, 6.07) is 14.8. The highest BCUT2D eigenvalue weighted by molar-refractivity contribution is 5.95. The Morgan fingerprint density at radius 3 is 2.45 bits per heavy atom.